The molecule has 0 saturated carbocycles. The number of hydrogen-bond acceptors (Lipinski definition) is 2. The lowest BCUT2D eigenvalue weighted by molar-refractivity contribution is -0.132. The van der Waals surface area contributed by atoms with Gasteiger partial charge in [-0.25, -0.2) is 0 Å². The first kappa shape index (κ1) is 18.9. The molecule has 1 amide bonds. The van der Waals surface area contributed by atoms with Gasteiger partial charge in [-0.3, -0.25) is 4.79 Å². The van der Waals surface area contributed by atoms with Crippen molar-refractivity contribution in [1.29, 1.82) is 0 Å². The summed E-state index contributed by atoms with van der Waals surface area (Å²) in [5, 5.41) is 0.853. The Morgan fingerprint density at radius 3 is 2.35 bits per heavy atom. The van der Waals surface area contributed by atoms with Crippen LogP contribution >= 0.6 is 11.6 Å². The van der Waals surface area contributed by atoms with Crippen LogP contribution < -0.4 is 5.73 Å². The number of nitrogens with two attached hydrogens (primary N) is 1. The van der Waals surface area contributed by atoms with E-state index in [1.54, 1.807) is 0 Å². The number of hydrogen-bond donors (Lipinski definition) is 1. The molecule has 0 spiro atoms. The van der Waals surface area contributed by atoms with Gasteiger partial charge >= 0.3 is 0 Å². The van der Waals surface area contributed by atoms with E-state index < -0.39 is 0 Å². The number of benzene rings is 2. The number of carbonyl (C=O) groups excluding carboxylic acids is 1. The largest absolute Gasteiger partial charge is 0.343 e. The molecule has 0 bridgehead atoms. The molecule has 1 fully saturated rings. The molecule has 2 aromatic rings. The molecule has 0 atom stereocenters. The number of amides is 1. The molecule has 2 N–H and O–H groups in total. The molecule has 138 valence electrons. The molecule has 0 radical (unpaired) electrons. The predicted molar refractivity (Wildman–Crippen MR) is 107 cm³/mol. The third-order valence-corrected chi connectivity index (χ3v) is 5.69. The Labute approximate surface area is 161 Å². The van der Waals surface area contributed by atoms with Gasteiger partial charge in [-0.05, 0) is 54.4 Å². The maximum Gasteiger partial charge on any atom is 0.222 e. The van der Waals surface area contributed by atoms with Crippen LogP contribution in [0.3, 0.4) is 0 Å². The Kier molecular flexibility index (Phi) is 6.70. The highest BCUT2D eigenvalue weighted by Gasteiger charge is 2.23. The highest BCUT2D eigenvalue weighted by atomic mass is 35.5. The van der Waals surface area contributed by atoms with Gasteiger partial charge in [-0.2, -0.15) is 0 Å². The molecule has 1 aliphatic heterocycles. The van der Waals surface area contributed by atoms with E-state index in [-0.39, 0.29) is 5.91 Å². The first-order valence-corrected chi connectivity index (χ1v) is 9.82. The summed E-state index contributed by atoms with van der Waals surface area (Å²) < 4.78 is 0. The molecule has 0 aromatic heterocycles. The lowest BCUT2D eigenvalue weighted by Gasteiger charge is -2.32. The fourth-order valence-corrected chi connectivity index (χ4v) is 3.83. The van der Waals surface area contributed by atoms with Crippen LogP contribution in [0.2, 0.25) is 5.02 Å². The second-order valence-corrected chi connectivity index (χ2v) is 7.55. The SMILES string of the molecule is NCc1ccc(CCC(=O)N2CCC(Cc3ccccc3Cl)CC2)cc1. The minimum absolute atomic E-state index is 0.268. The van der Waals surface area contributed by atoms with Gasteiger partial charge < -0.3 is 10.6 Å². The Morgan fingerprint density at radius 1 is 1.04 bits per heavy atom. The number of likely N-dealkylation sites (tertiary alicyclic amines) is 1. The zero-order valence-corrected chi connectivity index (χ0v) is 15.9. The fourth-order valence-electron chi connectivity index (χ4n) is 3.61. The van der Waals surface area contributed by atoms with Crippen molar-refractivity contribution in [2.45, 2.75) is 38.6 Å². The molecule has 1 saturated heterocycles. The van der Waals surface area contributed by atoms with Gasteiger partial charge in [0.15, 0.2) is 0 Å². The summed E-state index contributed by atoms with van der Waals surface area (Å²) in [4.78, 5) is 14.5. The van der Waals surface area contributed by atoms with Gasteiger partial charge in [-0.15, -0.1) is 0 Å². The van der Waals surface area contributed by atoms with Crippen molar-refractivity contribution in [2.24, 2.45) is 11.7 Å². The summed E-state index contributed by atoms with van der Waals surface area (Å²) in [7, 11) is 0. The van der Waals surface area contributed by atoms with Crippen molar-refractivity contribution in [3.8, 4) is 0 Å². The van der Waals surface area contributed by atoms with Crippen LogP contribution in [-0.2, 0) is 24.2 Å². The average Bonchev–Trinajstić information content (AvgIpc) is 2.69. The standard InChI is InChI=1S/C22H27ClN2O/c23-21-4-2-1-3-20(21)15-18-11-13-25(14-12-18)22(26)10-9-17-5-7-19(16-24)8-6-17/h1-8,18H,9-16,24H2. The number of rotatable bonds is 6. The van der Waals surface area contributed by atoms with Gasteiger partial charge in [-0.1, -0.05) is 54.1 Å². The third kappa shape index (κ3) is 5.09. The number of halogens is 1. The Balaban J connectivity index is 1.43. The maximum absolute atomic E-state index is 12.5. The topological polar surface area (TPSA) is 46.3 Å². The van der Waals surface area contributed by atoms with Crippen molar-refractivity contribution in [2.75, 3.05) is 13.1 Å². The molecule has 4 heteroatoms. The number of nitrogens with zero attached hydrogens (tertiary/aromatic N) is 1. The van der Waals surface area contributed by atoms with E-state index in [9.17, 15) is 4.79 Å². The van der Waals surface area contributed by atoms with E-state index >= 15 is 0 Å². The van der Waals surface area contributed by atoms with E-state index in [1.807, 2.05) is 35.2 Å². The molecule has 1 heterocycles. The number of aryl methyl sites for hydroxylation is 1. The lowest BCUT2D eigenvalue weighted by atomic mass is 9.90. The second-order valence-electron chi connectivity index (χ2n) is 7.14. The first-order chi connectivity index (χ1) is 12.7. The summed E-state index contributed by atoms with van der Waals surface area (Å²) in [6, 6.07) is 16.3. The highest BCUT2D eigenvalue weighted by Crippen LogP contribution is 2.25. The molecule has 1 aliphatic rings. The molecule has 0 unspecified atom stereocenters. The van der Waals surface area contributed by atoms with Crippen molar-refractivity contribution in [3.63, 3.8) is 0 Å². The quantitative estimate of drug-likeness (QED) is 0.827. The fraction of sp³-hybridized carbons (Fsp3) is 0.409. The summed E-state index contributed by atoms with van der Waals surface area (Å²) in [6.45, 7) is 2.28. The lowest BCUT2D eigenvalue weighted by Crippen LogP contribution is -2.39. The normalized spacial score (nSPS) is 15.2. The maximum atomic E-state index is 12.5. The molecule has 3 rings (SSSR count). The zero-order chi connectivity index (χ0) is 18.4. The van der Waals surface area contributed by atoms with Crippen molar-refractivity contribution < 1.29 is 4.79 Å². The van der Waals surface area contributed by atoms with Gasteiger partial charge in [0.2, 0.25) is 5.91 Å². The minimum Gasteiger partial charge on any atom is -0.343 e. The van der Waals surface area contributed by atoms with E-state index in [1.165, 1.54) is 11.1 Å². The van der Waals surface area contributed by atoms with Crippen molar-refractivity contribution >= 4 is 17.5 Å². The monoisotopic (exact) mass is 370 g/mol. The Bertz CT molecular complexity index is 721. The number of piperidine rings is 1. The van der Waals surface area contributed by atoms with Gasteiger partial charge in [0, 0.05) is 31.1 Å². The van der Waals surface area contributed by atoms with Gasteiger partial charge in [0.1, 0.15) is 0 Å². The smallest absolute Gasteiger partial charge is 0.222 e. The van der Waals surface area contributed by atoms with Crippen LogP contribution in [0.25, 0.3) is 0 Å². The van der Waals surface area contributed by atoms with E-state index in [4.69, 9.17) is 17.3 Å². The van der Waals surface area contributed by atoms with E-state index in [2.05, 4.69) is 18.2 Å². The van der Waals surface area contributed by atoms with Crippen LogP contribution in [-0.4, -0.2) is 23.9 Å². The second kappa shape index (κ2) is 9.20. The van der Waals surface area contributed by atoms with Gasteiger partial charge in [0.25, 0.3) is 0 Å². The van der Waals surface area contributed by atoms with Crippen LogP contribution in [0.15, 0.2) is 48.5 Å². The Hall–Kier alpha value is -1.84. The highest BCUT2D eigenvalue weighted by molar-refractivity contribution is 6.31. The average molecular weight is 371 g/mol. The zero-order valence-electron chi connectivity index (χ0n) is 15.2. The number of carbonyl (C=O) groups is 1. The summed E-state index contributed by atoms with van der Waals surface area (Å²) in [5.41, 5.74) is 9.17. The van der Waals surface area contributed by atoms with Gasteiger partial charge in [0.05, 0.1) is 0 Å². The predicted octanol–water partition coefficient (Wildman–Crippen LogP) is 4.21. The van der Waals surface area contributed by atoms with Crippen LogP contribution in [0.1, 0.15) is 36.0 Å². The summed E-state index contributed by atoms with van der Waals surface area (Å²) in [5.74, 6) is 0.881. The molecular weight excluding hydrogens is 344 g/mol. The summed E-state index contributed by atoms with van der Waals surface area (Å²) >= 11 is 6.27. The summed E-state index contributed by atoms with van der Waals surface area (Å²) in [6.07, 6.45) is 4.50. The third-order valence-electron chi connectivity index (χ3n) is 5.32. The first-order valence-electron chi connectivity index (χ1n) is 9.45. The van der Waals surface area contributed by atoms with Crippen LogP contribution in [0.5, 0.6) is 0 Å². The van der Waals surface area contributed by atoms with Crippen LogP contribution in [0.4, 0.5) is 0 Å². The minimum atomic E-state index is 0.268. The van der Waals surface area contributed by atoms with Crippen molar-refractivity contribution in [3.05, 3.63) is 70.2 Å². The molecule has 3 nitrogen and oxygen atoms in total. The molecule has 0 aliphatic carbocycles. The molecule has 2 aromatic carbocycles. The molecule has 26 heavy (non-hydrogen) atoms. The van der Waals surface area contributed by atoms with Crippen molar-refractivity contribution in [1.82, 2.24) is 4.90 Å². The molecular formula is C22H27ClN2O. The van der Waals surface area contributed by atoms with Crippen LogP contribution in [0, 0.1) is 5.92 Å². The van der Waals surface area contributed by atoms with E-state index in [0.717, 1.165) is 49.4 Å². The Morgan fingerprint density at radius 2 is 1.69 bits per heavy atom. The van der Waals surface area contributed by atoms with E-state index in [0.29, 0.717) is 18.9 Å².